The van der Waals surface area contributed by atoms with Crippen LogP contribution in [0.5, 0.6) is 6.01 Å². The summed E-state index contributed by atoms with van der Waals surface area (Å²) in [5.74, 6) is -0.510. The molecule has 1 aliphatic rings. The van der Waals surface area contributed by atoms with Gasteiger partial charge in [-0.25, -0.2) is 14.4 Å². The summed E-state index contributed by atoms with van der Waals surface area (Å²) in [7, 11) is -0.425. The smallest absolute Gasteiger partial charge is 0.316 e. The van der Waals surface area contributed by atoms with Gasteiger partial charge < -0.3 is 4.74 Å². The summed E-state index contributed by atoms with van der Waals surface area (Å²) in [6, 6.07) is 0.0557. The van der Waals surface area contributed by atoms with Crippen molar-refractivity contribution in [3.05, 3.63) is 18.2 Å². The fourth-order valence-electron chi connectivity index (χ4n) is 2.12. The van der Waals surface area contributed by atoms with Crippen molar-refractivity contribution >= 4 is 10.2 Å². The molecule has 1 aromatic heterocycles. The van der Waals surface area contributed by atoms with Crippen LogP contribution in [0.15, 0.2) is 12.4 Å². The van der Waals surface area contributed by atoms with Crippen molar-refractivity contribution in [1.29, 1.82) is 0 Å². The SMILES string of the molecule is CN(C)S(=O)(=O)NC1CCC(Oc2ncc(F)cn2)CC1. The number of halogens is 1. The summed E-state index contributed by atoms with van der Waals surface area (Å²) in [5.41, 5.74) is 0. The highest BCUT2D eigenvalue weighted by Gasteiger charge is 2.27. The lowest BCUT2D eigenvalue weighted by Gasteiger charge is -2.29. The van der Waals surface area contributed by atoms with Gasteiger partial charge in [-0.05, 0) is 25.7 Å². The van der Waals surface area contributed by atoms with Crippen LogP contribution in [0, 0.1) is 5.82 Å². The summed E-state index contributed by atoms with van der Waals surface area (Å²) >= 11 is 0. The Hall–Kier alpha value is -1.32. The molecular weight excluding hydrogens is 299 g/mol. The van der Waals surface area contributed by atoms with Crippen molar-refractivity contribution in [3.63, 3.8) is 0 Å². The molecule has 0 spiro atoms. The number of hydrogen-bond donors (Lipinski definition) is 1. The first kappa shape index (κ1) is 16.1. The molecule has 0 bridgehead atoms. The van der Waals surface area contributed by atoms with Crippen LogP contribution >= 0.6 is 0 Å². The zero-order chi connectivity index (χ0) is 15.5. The van der Waals surface area contributed by atoms with Crippen molar-refractivity contribution in [1.82, 2.24) is 19.0 Å². The van der Waals surface area contributed by atoms with Crippen molar-refractivity contribution in [2.45, 2.75) is 37.8 Å². The van der Waals surface area contributed by atoms with Crippen LogP contribution in [0.1, 0.15) is 25.7 Å². The van der Waals surface area contributed by atoms with E-state index in [0.717, 1.165) is 16.7 Å². The van der Waals surface area contributed by atoms with Gasteiger partial charge in [-0.15, -0.1) is 0 Å². The number of ether oxygens (including phenoxy) is 1. The monoisotopic (exact) mass is 318 g/mol. The topological polar surface area (TPSA) is 84.4 Å². The first-order chi connectivity index (χ1) is 9.87. The fraction of sp³-hybridized carbons (Fsp3) is 0.667. The van der Waals surface area contributed by atoms with E-state index in [9.17, 15) is 12.8 Å². The molecule has 0 amide bonds. The Morgan fingerprint density at radius 1 is 1.24 bits per heavy atom. The molecule has 0 atom stereocenters. The molecule has 7 nitrogen and oxygen atoms in total. The highest BCUT2D eigenvalue weighted by atomic mass is 32.2. The predicted molar refractivity (Wildman–Crippen MR) is 74.4 cm³/mol. The predicted octanol–water partition coefficient (Wildman–Crippen LogP) is 0.702. The van der Waals surface area contributed by atoms with Gasteiger partial charge >= 0.3 is 6.01 Å². The number of hydrogen-bond acceptors (Lipinski definition) is 5. The first-order valence-electron chi connectivity index (χ1n) is 6.71. The van der Waals surface area contributed by atoms with E-state index in [1.165, 1.54) is 14.1 Å². The van der Waals surface area contributed by atoms with E-state index in [0.29, 0.717) is 25.7 Å². The molecule has 2 rings (SSSR count). The summed E-state index contributed by atoms with van der Waals surface area (Å²) in [5, 5.41) is 0. The standard InChI is InChI=1S/C12H19FN4O3S/c1-17(2)21(18,19)16-10-3-5-11(6-4-10)20-12-14-7-9(13)8-15-12/h7-8,10-11,16H,3-6H2,1-2H3. The third kappa shape index (κ3) is 4.58. The molecule has 1 aliphatic carbocycles. The molecule has 0 aliphatic heterocycles. The molecule has 0 saturated heterocycles. The second kappa shape index (κ2) is 6.63. The second-order valence-electron chi connectivity index (χ2n) is 5.18. The minimum Gasteiger partial charge on any atom is -0.460 e. The van der Waals surface area contributed by atoms with Gasteiger partial charge in [0.05, 0.1) is 12.4 Å². The molecule has 0 unspecified atom stereocenters. The largest absolute Gasteiger partial charge is 0.460 e. The minimum atomic E-state index is -3.40. The molecule has 118 valence electrons. The van der Waals surface area contributed by atoms with E-state index < -0.39 is 16.0 Å². The maximum absolute atomic E-state index is 12.7. The van der Waals surface area contributed by atoms with E-state index >= 15 is 0 Å². The Bertz CT molecular complexity index is 556. The molecule has 1 fully saturated rings. The Labute approximate surface area is 123 Å². The van der Waals surface area contributed by atoms with Crippen LogP contribution in [0.2, 0.25) is 0 Å². The van der Waals surface area contributed by atoms with Gasteiger partial charge in [0, 0.05) is 20.1 Å². The summed E-state index contributed by atoms with van der Waals surface area (Å²) in [6.45, 7) is 0. The summed E-state index contributed by atoms with van der Waals surface area (Å²) in [4.78, 5) is 7.50. The number of rotatable bonds is 5. The molecule has 1 aromatic rings. The van der Waals surface area contributed by atoms with Crippen LogP contribution in [-0.4, -0.2) is 48.9 Å². The van der Waals surface area contributed by atoms with Gasteiger partial charge in [-0.2, -0.15) is 17.4 Å². The Balaban J connectivity index is 1.82. The van der Waals surface area contributed by atoms with Crippen molar-refractivity contribution in [2.75, 3.05) is 14.1 Å². The zero-order valence-electron chi connectivity index (χ0n) is 12.0. The molecular formula is C12H19FN4O3S. The van der Waals surface area contributed by atoms with Crippen LogP contribution in [0.25, 0.3) is 0 Å². The highest BCUT2D eigenvalue weighted by molar-refractivity contribution is 7.87. The molecule has 1 saturated carbocycles. The summed E-state index contributed by atoms with van der Waals surface area (Å²) in [6.07, 6.45) is 4.79. The fourth-order valence-corrected chi connectivity index (χ4v) is 2.99. The molecule has 1 heterocycles. The average molecular weight is 318 g/mol. The third-order valence-electron chi connectivity index (χ3n) is 3.34. The van der Waals surface area contributed by atoms with Gasteiger partial charge in [0.2, 0.25) is 0 Å². The number of aromatic nitrogens is 2. The Morgan fingerprint density at radius 3 is 2.33 bits per heavy atom. The lowest BCUT2D eigenvalue weighted by atomic mass is 9.94. The van der Waals surface area contributed by atoms with Crippen LogP contribution < -0.4 is 9.46 Å². The quantitative estimate of drug-likeness (QED) is 0.864. The maximum Gasteiger partial charge on any atom is 0.316 e. The number of nitrogens with one attached hydrogen (secondary N) is 1. The lowest BCUT2D eigenvalue weighted by molar-refractivity contribution is 0.131. The second-order valence-corrected chi connectivity index (χ2v) is 7.10. The summed E-state index contributed by atoms with van der Waals surface area (Å²) < 4.78 is 45.5. The van der Waals surface area contributed by atoms with E-state index in [1.54, 1.807) is 0 Å². The third-order valence-corrected chi connectivity index (χ3v) is 4.93. The zero-order valence-corrected chi connectivity index (χ0v) is 12.8. The van der Waals surface area contributed by atoms with Crippen LogP contribution in [0.3, 0.4) is 0 Å². The van der Waals surface area contributed by atoms with Gasteiger partial charge in [-0.3, -0.25) is 0 Å². The normalized spacial score (nSPS) is 23.2. The van der Waals surface area contributed by atoms with Crippen LogP contribution in [-0.2, 0) is 10.2 Å². The first-order valence-corrected chi connectivity index (χ1v) is 8.15. The highest BCUT2D eigenvalue weighted by Crippen LogP contribution is 2.22. The van der Waals surface area contributed by atoms with Crippen molar-refractivity contribution < 1.29 is 17.5 Å². The van der Waals surface area contributed by atoms with Crippen LogP contribution in [0.4, 0.5) is 4.39 Å². The van der Waals surface area contributed by atoms with Crippen molar-refractivity contribution in [3.8, 4) is 6.01 Å². The number of nitrogens with zero attached hydrogens (tertiary/aromatic N) is 3. The van der Waals surface area contributed by atoms with Gasteiger partial charge in [0.15, 0.2) is 5.82 Å². The van der Waals surface area contributed by atoms with Gasteiger partial charge in [0.25, 0.3) is 10.2 Å². The molecule has 1 N–H and O–H groups in total. The molecule has 21 heavy (non-hydrogen) atoms. The Morgan fingerprint density at radius 2 is 1.81 bits per heavy atom. The van der Waals surface area contributed by atoms with E-state index in [-0.39, 0.29) is 18.2 Å². The van der Waals surface area contributed by atoms with E-state index in [4.69, 9.17) is 4.74 Å². The average Bonchev–Trinajstić information content (AvgIpc) is 2.43. The lowest BCUT2D eigenvalue weighted by Crippen LogP contribution is -2.44. The van der Waals surface area contributed by atoms with E-state index in [1.807, 2.05) is 0 Å². The molecule has 9 heteroatoms. The molecule has 0 aromatic carbocycles. The maximum atomic E-state index is 12.7. The van der Waals surface area contributed by atoms with E-state index in [2.05, 4.69) is 14.7 Å². The van der Waals surface area contributed by atoms with Gasteiger partial charge in [-0.1, -0.05) is 0 Å². The molecule has 0 radical (unpaired) electrons. The Kier molecular flexibility index (Phi) is 5.07. The van der Waals surface area contributed by atoms with Crippen molar-refractivity contribution in [2.24, 2.45) is 0 Å². The van der Waals surface area contributed by atoms with Gasteiger partial charge in [0.1, 0.15) is 6.10 Å². The minimum absolute atomic E-state index is 0.0735.